The lowest BCUT2D eigenvalue weighted by Gasteiger charge is -2.46. The molecule has 0 saturated heterocycles. The summed E-state index contributed by atoms with van der Waals surface area (Å²) in [6.07, 6.45) is -7.71. The van der Waals surface area contributed by atoms with Gasteiger partial charge in [-0.05, 0) is 47.3 Å². The Balaban J connectivity index is 1.83. The zero-order chi connectivity index (χ0) is 23.6. The Kier molecular flexibility index (Phi) is 5.21. The van der Waals surface area contributed by atoms with Crippen LogP contribution in [0.4, 0.5) is 27.6 Å². The van der Waals surface area contributed by atoms with E-state index in [0.717, 1.165) is 12.1 Å². The molecular formula is C22H21F5N2O3. The zero-order valence-corrected chi connectivity index (χ0v) is 17.0. The molecule has 6 atom stereocenters. The fourth-order valence-corrected chi connectivity index (χ4v) is 4.57. The molecule has 2 aliphatic carbocycles. The standard InChI is InChI=1S/C22H21F5N2O3/c1-9-10(2)19(31)18(12-7-8-21(24,22(25,26)27)20(32)16(9)12)28-14-5-4-13(23)17-11(14)3-6-15(30)29-17/h3-10,18-20,28,31-32H,1-2H3,(H,29,30). The van der Waals surface area contributed by atoms with Gasteiger partial charge in [0, 0.05) is 17.1 Å². The molecule has 172 valence electrons. The van der Waals surface area contributed by atoms with Gasteiger partial charge in [0.25, 0.3) is 5.67 Å². The van der Waals surface area contributed by atoms with Gasteiger partial charge in [-0.15, -0.1) is 0 Å². The third-order valence-electron chi connectivity index (χ3n) is 6.62. The Bertz CT molecular complexity index is 1190. The van der Waals surface area contributed by atoms with E-state index in [1.54, 1.807) is 6.92 Å². The van der Waals surface area contributed by atoms with Crippen LogP contribution in [0.5, 0.6) is 0 Å². The first-order valence-corrected chi connectivity index (χ1v) is 10.00. The number of aromatic nitrogens is 1. The molecule has 1 aromatic heterocycles. The number of nitrogens with one attached hydrogen (secondary N) is 2. The number of rotatable bonds is 2. The molecule has 6 unspecified atom stereocenters. The quantitative estimate of drug-likeness (QED) is 0.521. The topological polar surface area (TPSA) is 85.4 Å². The lowest BCUT2D eigenvalue weighted by atomic mass is 9.66. The minimum atomic E-state index is -5.33. The van der Waals surface area contributed by atoms with Crippen LogP contribution in [-0.4, -0.2) is 45.3 Å². The predicted molar refractivity (Wildman–Crippen MR) is 108 cm³/mol. The van der Waals surface area contributed by atoms with Gasteiger partial charge < -0.3 is 20.5 Å². The SMILES string of the molecule is CC1C2=C(C=CC(F)(C(F)(F)F)C2O)C(Nc2ccc(F)c3[nH]c(=O)ccc23)C(O)C1C. The summed E-state index contributed by atoms with van der Waals surface area (Å²) in [4.78, 5) is 14.0. The Hall–Kier alpha value is -2.72. The fourth-order valence-electron chi connectivity index (χ4n) is 4.57. The van der Waals surface area contributed by atoms with Crippen LogP contribution in [0.2, 0.25) is 0 Å². The summed E-state index contributed by atoms with van der Waals surface area (Å²) in [5, 5.41) is 24.6. The second-order valence-corrected chi connectivity index (χ2v) is 8.38. The number of halogens is 5. The molecule has 2 aromatic rings. The van der Waals surface area contributed by atoms with E-state index in [1.165, 1.54) is 25.1 Å². The van der Waals surface area contributed by atoms with Gasteiger partial charge in [-0.1, -0.05) is 19.9 Å². The van der Waals surface area contributed by atoms with Crippen LogP contribution in [-0.2, 0) is 0 Å². The molecule has 10 heteroatoms. The monoisotopic (exact) mass is 456 g/mol. The third-order valence-corrected chi connectivity index (χ3v) is 6.62. The average Bonchev–Trinajstić information content (AvgIpc) is 2.72. The molecule has 0 amide bonds. The maximum atomic E-state index is 14.8. The van der Waals surface area contributed by atoms with E-state index in [9.17, 15) is 37.0 Å². The molecule has 0 spiro atoms. The van der Waals surface area contributed by atoms with Gasteiger partial charge in [-0.25, -0.2) is 8.78 Å². The van der Waals surface area contributed by atoms with E-state index in [0.29, 0.717) is 5.69 Å². The number of pyridine rings is 1. The molecule has 2 aliphatic rings. The maximum Gasteiger partial charge on any atom is 0.429 e. The summed E-state index contributed by atoms with van der Waals surface area (Å²) >= 11 is 0. The summed E-state index contributed by atoms with van der Waals surface area (Å²) in [6, 6.07) is 4.01. The largest absolute Gasteiger partial charge is 0.429 e. The fraction of sp³-hybridized carbons (Fsp3) is 0.409. The van der Waals surface area contributed by atoms with Crippen molar-refractivity contribution in [3.8, 4) is 0 Å². The van der Waals surface area contributed by atoms with Crippen molar-refractivity contribution in [3.63, 3.8) is 0 Å². The van der Waals surface area contributed by atoms with Crippen LogP contribution in [0.15, 0.2) is 52.4 Å². The number of hydrogen-bond donors (Lipinski definition) is 4. The summed E-state index contributed by atoms with van der Waals surface area (Å²) in [5.41, 5.74) is -4.27. The molecule has 4 N–H and O–H groups in total. The molecule has 32 heavy (non-hydrogen) atoms. The van der Waals surface area contributed by atoms with Crippen molar-refractivity contribution in [1.29, 1.82) is 0 Å². The normalized spacial score (nSPS) is 32.8. The predicted octanol–water partition coefficient (Wildman–Crippen LogP) is 3.59. The number of H-pyrrole nitrogens is 1. The van der Waals surface area contributed by atoms with Crippen LogP contribution in [0.1, 0.15) is 13.8 Å². The minimum absolute atomic E-state index is 0.0810. The number of aliphatic hydroxyl groups is 2. The molecule has 0 saturated carbocycles. The number of alkyl halides is 4. The molecule has 5 nitrogen and oxygen atoms in total. The first-order valence-electron chi connectivity index (χ1n) is 10.00. The lowest BCUT2D eigenvalue weighted by molar-refractivity contribution is -0.236. The first-order chi connectivity index (χ1) is 14.9. The Morgan fingerprint density at radius 3 is 2.47 bits per heavy atom. The molecule has 0 fully saturated rings. The minimum Gasteiger partial charge on any atom is -0.390 e. The summed E-state index contributed by atoms with van der Waals surface area (Å²) in [7, 11) is 0. The second kappa shape index (κ2) is 7.41. The Morgan fingerprint density at radius 2 is 1.81 bits per heavy atom. The summed E-state index contributed by atoms with van der Waals surface area (Å²) < 4.78 is 69.2. The van der Waals surface area contributed by atoms with Gasteiger partial charge >= 0.3 is 6.18 Å². The van der Waals surface area contributed by atoms with Crippen molar-refractivity contribution < 1.29 is 32.2 Å². The van der Waals surface area contributed by atoms with Crippen LogP contribution >= 0.6 is 0 Å². The second-order valence-electron chi connectivity index (χ2n) is 8.38. The summed E-state index contributed by atoms with van der Waals surface area (Å²) in [6.45, 7) is 3.11. The Labute approximate surface area is 179 Å². The molecule has 4 rings (SSSR count). The zero-order valence-electron chi connectivity index (χ0n) is 17.0. The molecular weight excluding hydrogens is 435 g/mol. The van der Waals surface area contributed by atoms with E-state index < -0.39 is 53.3 Å². The van der Waals surface area contributed by atoms with Crippen molar-refractivity contribution in [2.24, 2.45) is 11.8 Å². The van der Waals surface area contributed by atoms with Crippen molar-refractivity contribution in [2.75, 3.05) is 5.32 Å². The van der Waals surface area contributed by atoms with Crippen molar-refractivity contribution in [1.82, 2.24) is 4.98 Å². The highest BCUT2D eigenvalue weighted by atomic mass is 19.4. The van der Waals surface area contributed by atoms with E-state index in [2.05, 4.69) is 10.3 Å². The van der Waals surface area contributed by atoms with Crippen LogP contribution in [0, 0.1) is 17.7 Å². The molecule has 0 radical (unpaired) electrons. The number of aliphatic hydroxyl groups excluding tert-OH is 2. The summed E-state index contributed by atoms with van der Waals surface area (Å²) in [5.74, 6) is -2.05. The third kappa shape index (κ3) is 3.24. The van der Waals surface area contributed by atoms with Crippen LogP contribution in [0.25, 0.3) is 10.9 Å². The van der Waals surface area contributed by atoms with Crippen molar-refractivity contribution in [3.05, 3.63) is 63.7 Å². The average molecular weight is 456 g/mol. The highest BCUT2D eigenvalue weighted by molar-refractivity contribution is 5.92. The number of fused-ring (bicyclic) bond motifs is 1. The van der Waals surface area contributed by atoms with Crippen LogP contribution in [0.3, 0.4) is 0 Å². The van der Waals surface area contributed by atoms with Gasteiger partial charge in [0.15, 0.2) is 0 Å². The lowest BCUT2D eigenvalue weighted by Crippen LogP contribution is -2.57. The van der Waals surface area contributed by atoms with Gasteiger partial charge in [-0.2, -0.15) is 13.2 Å². The smallest absolute Gasteiger partial charge is 0.390 e. The van der Waals surface area contributed by atoms with Gasteiger partial charge in [0.05, 0.1) is 17.7 Å². The van der Waals surface area contributed by atoms with Gasteiger partial charge in [0.1, 0.15) is 11.9 Å². The van der Waals surface area contributed by atoms with E-state index in [-0.39, 0.29) is 28.1 Å². The molecule has 0 aliphatic heterocycles. The molecule has 1 aromatic carbocycles. The van der Waals surface area contributed by atoms with Gasteiger partial charge in [-0.3, -0.25) is 4.79 Å². The van der Waals surface area contributed by atoms with Crippen LogP contribution < -0.4 is 10.9 Å². The van der Waals surface area contributed by atoms with Crippen molar-refractivity contribution >= 4 is 16.6 Å². The first kappa shape index (κ1) is 22.5. The number of benzene rings is 1. The van der Waals surface area contributed by atoms with E-state index in [1.807, 2.05) is 0 Å². The number of aromatic amines is 1. The van der Waals surface area contributed by atoms with Crippen molar-refractivity contribution in [2.45, 2.75) is 43.9 Å². The Morgan fingerprint density at radius 1 is 1.12 bits per heavy atom. The van der Waals surface area contributed by atoms with Gasteiger partial charge in [0.2, 0.25) is 5.56 Å². The molecule has 1 heterocycles. The van der Waals surface area contributed by atoms with E-state index in [4.69, 9.17) is 0 Å². The number of hydrogen-bond acceptors (Lipinski definition) is 4. The highest BCUT2D eigenvalue weighted by Gasteiger charge is 2.63. The number of anilines is 1. The highest BCUT2D eigenvalue weighted by Crippen LogP contribution is 2.49. The van der Waals surface area contributed by atoms with E-state index >= 15 is 0 Å². The maximum absolute atomic E-state index is 14.8. The molecule has 0 bridgehead atoms.